The van der Waals surface area contributed by atoms with Gasteiger partial charge in [-0.1, -0.05) is 0 Å². The van der Waals surface area contributed by atoms with Crippen molar-refractivity contribution in [3.8, 4) is 23.0 Å². The molecule has 0 radical (unpaired) electrons. The van der Waals surface area contributed by atoms with Crippen LogP contribution in [0, 0.1) is 0 Å². The summed E-state index contributed by atoms with van der Waals surface area (Å²) in [6.07, 6.45) is 0. The van der Waals surface area contributed by atoms with Gasteiger partial charge in [0, 0.05) is 5.69 Å². The molecule has 0 unspecified atom stereocenters. The summed E-state index contributed by atoms with van der Waals surface area (Å²) in [5.74, 6) is 0.0612. The maximum atomic E-state index is 12.5. The van der Waals surface area contributed by atoms with Crippen molar-refractivity contribution >= 4 is 23.6 Å². The minimum absolute atomic E-state index is 0.112. The standard InChI is InChI=1S/C23H28N2O8/c1-5-30-18-12-15(13-19(31-6-2)21(18)32-7-3)22(27)33-14-20(26)25-23(28)24-16-8-10-17(29-4)11-9-16/h8-13H,5-7,14H2,1-4H3,(H2,24,25,26,28). The molecule has 0 atom stereocenters. The zero-order chi connectivity index (χ0) is 24.2. The van der Waals surface area contributed by atoms with E-state index in [1.54, 1.807) is 38.1 Å². The Morgan fingerprint density at radius 3 is 1.94 bits per heavy atom. The van der Waals surface area contributed by atoms with Gasteiger partial charge in [-0.3, -0.25) is 10.1 Å². The van der Waals surface area contributed by atoms with Gasteiger partial charge < -0.3 is 29.0 Å². The molecular weight excluding hydrogens is 432 g/mol. The Kier molecular flexibility index (Phi) is 9.81. The van der Waals surface area contributed by atoms with Crippen molar-refractivity contribution in [1.82, 2.24) is 5.32 Å². The van der Waals surface area contributed by atoms with Gasteiger partial charge in [-0.05, 0) is 57.2 Å². The molecule has 0 aliphatic rings. The van der Waals surface area contributed by atoms with Crippen LogP contribution in [0.5, 0.6) is 23.0 Å². The molecule has 2 aromatic carbocycles. The first kappa shape index (κ1) is 25.3. The van der Waals surface area contributed by atoms with Crippen LogP contribution in [0.1, 0.15) is 31.1 Å². The second-order valence-electron chi connectivity index (χ2n) is 6.41. The molecule has 3 amide bonds. The Labute approximate surface area is 192 Å². The predicted molar refractivity (Wildman–Crippen MR) is 120 cm³/mol. The fourth-order valence-electron chi connectivity index (χ4n) is 2.72. The van der Waals surface area contributed by atoms with Crippen LogP contribution < -0.4 is 29.6 Å². The maximum Gasteiger partial charge on any atom is 0.338 e. The summed E-state index contributed by atoms with van der Waals surface area (Å²) in [5, 5.41) is 4.58. The fraction of sp³-hybridized carbons (Fsp3) is 0.348. The molecule has 10 heteroatoms. The van der Waals surface area contributed by atoms with Crippen LogP contribution in [0.25, 0.3) is 0 Å². The number of ether oxygens (including phenoxy) is 5. The number of amides is 3. The molecule has 0 saturated heterocycles. The van der Waals surface area contributed by atoms with E-state index in [1.165, 1.54) is 19.2 Å². The van der Waals surface area contributed by atoms with Gasteiger partial charge in [0.2, 0.25) is 5.75 Å². The summed E-state index contributed by atoms with van der Waals surface area (Å²) < 4.78 is 26.8. The van der Waals surface area contributed by atoms with Gasteiger partial charge in [0.15, 0.2) is 18.1 Å². The van der Waals surface area contributed by atoms with Gasteiger partial charge >= 0.3 is 12.0 Å². The largest absolute Gasteiger partial charge is 0.497 e. The number of rotatable bonds is 11. The van der Waals surface area contributed by atoms with E-state index in [1.807, 2.05) is 6.92 Å². The highest BCUT2D eigenvalue weighted by molar-refractivity contribution is 6.02. The van der Waals surface area contributed by atoms with E-state index >= 15 is 0 Å². The third-order valence-corrected chi connectivity index (χ3v) is 4.08. The summed E-state index contributed by atoms with van der Waals surface area (Å²) in [6, 6.07) is 8.68. The number of hydrogen-bond donors (Lipinski definition) is 2. The average molecular weight is 460 g/mol. The number of nitrogens with one attached hydrogen (secondary N) is 2. The molecule has 2 rings (SSSR count). The predicted octanol–water partition coefficient (Wildman–Crippen LogP) is 3.40. The third kappa shape index (κ3) is 7.60. The number of urea groups is 1. The van der Waals surface area contributed by atoms with E-state index in [4.69, 9.17) is 23.7 Å². The van der Waals surface area contributed by atoms with Crippen molar-refractivity contribution in [2.45, 2.75) is 20.8 Å². The Hall–Kier alpha value is -3.95. The van der Waals surface area contributed by atoms with Gasteiger partial charge in [-0.2, -0.15) is 0 Å². The molecule has 33 heavy (non-hydrogen) atoms. The Morgan fingerprint density at radius 1 is 0.848 bits per heavy atom. The normalized spacial score (nSPS) is 10.1. The molecule has 0 aromatic heterocycles. The molecule has 0 saturated carbocycles. The van der Waals surface area contributed by atoms with Crippen molar-refractivity contribution in [2.75, 3.05) is 38.9 Å². The van der Waals surface area contributed by atoms with E-state index in [2.05, 4.69) is 10.6 Å². The first-order chi connectivity index (χ1) is 15.9. The quantitative estimate of drug-likeness (QED) is 0.490. The Bertz CT molecular complexity index is 932. The number of carbonyl (C=O) groups excluding carboxylic acids is 3. The number of esters is 1. The zero-order valence-corrected chi connectivity index (χ0v) is 19.1. The number of methoxy groups -OCH3 is 1. The molecule has 0 spiro atoms. The first-order valence-corrected chi connectivity index (χ1v) is 10.4. The highest BCUT2D eigenvalue weighted by Crippen LogP contribution is 2.39. The summed E-state index contributed by atoms with van der Waals surface area (Å²) in [5.41, 5.74) is 0.570. The molecule has 0 fully saturated rings. The van der Waals surface area contributed by atoms with Crippen molar-refractivity contribution in [3.63, 3.8) is 0 Å². The van der Waals surface area contributed by atoms with Crippen LogP contribution >= 0.6 is 0 Å². The molecule has 2 N–H and O–H groups in total. The summed E-state index contributed by atoms with van der Waals surface area (Å²) in [4.78, 5) is 36.5. The van der Waals surface area contributed by atoms with Gasteiger partial charge in [0.1, 0.15) is 5.75 Å². The lowest BCUT2D eigenvalue weighted by molar-refractivity contribution is -0.123. The van der Waals surface area contributed by atoms with Gasteiger partial charge in [0.25, 0.3) is 5.91 Å². The third-order valence-electron chi connectivity index (χ3n) is 4.08. The average Bonchev–Trinajstić information content (AvgIpc) is 2.80. The summed E-state index contributed by atoms with van der Waals surface area (Å²) >= 11 is 0. The molecule has 0 bridgehead atoms. The van der Waals surface area contributed by atoms with Crippen LogP contribution in [-0.4, -0.2) is 51.4 Å². The molecule has 0 aliphatic heterocycles. The van der Waals surface area contributed by atoms with Crippen LogP contribution in [0.4, 0.5) is 10.5 Å². The second kappa shape index (κ2) is 12.8. The second-order valence-corrected chi connectivity index (χ2v) is 6.41. The summed E-state index contributed by atoms with van der Waals surface area (Å²) in [6.45, 7) is 5.81. The minimum atomic E-state index is -0.796. The van der Waals surface area contributed by atoms with Crippen molar-refractivity contribution in [1.29, 1.82) is 0 Å². The van der Waals surface area contributed by atoms with E-state index in [0.717, 1.165) is 0 Å². The Morgan fingerprint density at radius 2 is 1.42 bits per heavy atom. The first-order valence-electron chi connectivity index (χ1n) is 10.4. The lowest BCUT2D eigenvalue weighted by Crippen LogP contribution is -2.37. The summed E-state index contributed by atoms with van der Waals surface area (Å²) in [7, 11) is 1.53. The molecule has 10 nitrogen and oxygen atoms in total. The molecular formula is C23H28N2O8. The Balaban J connectivity index is 1.99. The van der Waals surface area contributed by atoms with Crippen molar-refractivity contribution in [2.24, 2.45) is 0 Å². The number of carbonyl (C=O) groups is 3. The SMILES string of the molecule is CCOc1cc(C(=O)OCC(=O)NC(=O)Nc2ccc(OC)cc2)cc(OCC)c1OCC. The number of benzene rings is 2. The van der Waals surface area contributed by atoms with E-state index in [-0.39, 0.29) is 5.56 Å². The van der Waals surface area contributed by atoms with Gasteiger partial charge in [-0.25, -0.2) is 9.59 Å². The lowest BCUT2D eigenvalue weighted by Gasteiger charge is -2.16. The van der Waals surface area contributed by atoms with Crippen LogP contribution in [-0.2, 0) is 9.53 Å². The molecule has 178 valence electrons. The lowest BCUT2D eigenvalue weighted by atomic mass is 10.2. The van der Waals surface area contributed by atoms with Gasteiger partial charge in [-0.15, -0.1) is 0 Å². The fourth-order valence-corrected chi connectivity index (χ4v) is 2.72. The molecule has 0 aliphatic carbocycles. The molecule has 2 aromatic rings. The van der Waals surface area contributed by atoms with E-state index < -0.39 is 24.5 Å². The van der Waals surface area contributed by atoms with Crippen LogP contribution in [0.2, 0.25) is 0 Å². The number of imide groups is 1. The van der Waals surface area contributed by atoms with E-state index in [9.17, 15) is 14.4 Å². The number of hydrogen-bond acceptors (Lipinski definition) is 8. The van der Waals surface area contributed by atoms with Crippen molar-refractivity contribution in [3.05, 3.63) is 42.0 Å². The highest BCUT2D eigenvalue weighted by Gasteiger charge is 2.20. The molecule has 0 heterocycles. The van der Waals surface area contributed by atoms with Gasteiger partial charge in [0.05, 0.1) is 32.5 Å². The van der Waals surface area contributed by atoms with E-state index in [0.29, 0.717) is 48.5 Å². The van der Waals surface area contributed by atoms with Crippen LogP contribution in [0.3, 0.4) is 0 Å². The van der Waals surface area contributed by atoms with Crippen molar-refractivity contribution < 1.29 is 38.1 Å². The van der Waals surface area contributed by atoms with Crippen LogP contribution in [0.15, 0.2) is 36.4 Å². The zero-order valence-electron chi connectivity index (χ0n) is 19.1. The topological polar surface area (TPSA) is 121 Å². The minimum Gasteiger partial charge on any atom is -0.497 e. The monoisotopic (exact) mass is 460 g/mol. The maximum absolute atomic E-state index is 12.5. The number of anilines is 1. The smallest absolute Gasteiger partial charge is 0.338 e. The highest BCUT2D eigenvalue weighted by atomic mass is 16.5.